The molecule has 0 spiro atoms. The maximum absolute atomic E-state index is 12.8. The summed E-state index contributed by atoms with van der Waals surface area (Å²) in [5.74, 6) is 0.892. The molecule has 3 unspecified atom stereocenters. The number of halogens is 1. The smallest absolute Gasteiger partial charge is 0.141 e. The van der Waals surface area contributed by atoms with Crippen LogP contribution in [0, 0.1) is 17.7 Å². The number of nitrogens with two attached hydrogens (primary N) is 1. The largest absolute Gasteiger partial charge is 0.324 e. The lowest BCUT2D eigenvalue weighted by atomic mass is 10.0. The Balaban J connectivity index is 2.15. The van der Waals surface area contributed by atoms with Gasteiger partial charge in [-0.05, 0) is 29.9 Å². The Kier molecular flexibility index (Phi) is 2.04. The zero-order chi connectivity index (χ0) is 9.42. The summed E-state index contributed by atoms with van der Waals surface area (Å²) in [6, 6.07) is 1.43. The average Bonchev–Trinajstić information content (AvgIpc) is 2.81. The first-order valence-corrected chi connectivity index (χ1v) is 4.54. The summed E-state index contributed by atoms with van der Waals surface area (Å²) in [5, 5.41) is 0. The third-order valence-electron chi connectivity index (χ3n) is 2.74. The van der Waals surface area contributed by atoms with Crippen LogP contribution in [-0.4, -0.2) is 4.98 Å². The first-order valence-electron chi connectivity index (χ1n) is 4.54. The second-order valence-corrected chi connectivity index (χ2v) is 3.84. The summed E-state index contributed by atoms with van der Waals surface area (Å²) in [5.41, 5.74) is 6.77. The van der Waals surface area contributed by atoms with E-state index in [1.165, 1.54) is 12.3 Å². The molecular weight excluding hydrogens is 167 g/mol. The molecule has 1 aromatic heterocycles. The first-order chi connectivity index (χ1) is 6.18. The number of pyridine rings is 1. The molecule has 1 aromatic rings. The molecule has 0 aromatic carbocycles. The normalized spacial score (nSPS) is 28.5. The van der Waals surface area contributed by atoms with Gasteiger partial charge in [-0.25, -0.2) is 4.39 Å². The molecule has 1 fully saturated rings. The predicted molar refractivity (Wildman–Crippen MR) is 48.4 cm³/mol. The van der Waals surface area contributed by atoms with Gasteiger partial charge < -0.3 is 5.73 Å². The molecule has 2 N–H and O–H groups in total. The van der Waals surface area contributed by atoms with Crippen molar-refractivity contribution >= 4 is 0 Å². The second kappa shape index (κ2) is 3.07. The van der Waals surface area contributed by atoms with Crippen LogP contribution in [0.25, 0.3) is 0 Å². The summed E-state index contributed by atoms with van der Waals surface area (Å²) < 4.78 is 12.8. The van der Waals surface area contributed by atoms with Gasteiger partial charge in [0.05, 0.1) is 6.20 Å². The molecule has 0 radical (unpaired) electrons. The first kappa shape index (κ1) is 8.63. The fraction of sp³-hybridized carbons (Fsp3) is 0.500. The van der Waals surface area contributed by atoms with E-state index in [4.69, 9.17) is 5.73 Å². The molecule has 0 saturated heterocycles. The molecule has 3 atom stereocenters. The van der Waals surface area contributed by atoms with Crippen molar-refractivity contribution in [3.05, 3.63) is 29.8 Å². The Hall–Kier alpha value is -0.960. The Bertz CT molecular complexity index is 314. The minimum absolute atomic E-state index is 0.0433. The average molecular weight is 180 g/mol. The minimum atomic E-state index is -0.304. The molecule has 0 amide bonds. The Labute approximate surface area is 77.0 Å². The van der Waals surface area contributed by atoms with E-state index in [1.54, 1.807) is 6.20 Å². The Morgan fingerprint density at radius 3 is 2.85 bits per heavy atom. The van der Waals surface area contributed by atoms with Gasteiger partial charge in [0.15, 0.2) is 0 Å². The number of hydrogen-bond acceptors (Lipinski definition) is 2. The zero-order valence-electron chi connectivity index (χ0n) is 7.57. The molecule has 3 heteroatoms. The quantitative estimate of drug-likeness (QED) is 0.754. The van der Waals surface area contributed by atoms with Gasteiger partial charge >= 0.3 is 0 Å². The molecule has 2 rings (SSSR count). The monoisotopic (exact) mass is 180 g/mol. The van der Waals surface area contributed by atoms with Gasteiger partial charge in [-0.2, -0.15) is 0 Å². The third kappa shape index (κ3) is 1.70. The van der Waals surface area contributed by atoms with Gasteiger partial charge in [-0.1, -0.05) is 6.92 Å². The van der Waals surface area contributed by atoms with Gasteiger partial charge in [0.25, 0.3) is 0 Å². The van der Waals surface area contributed by atoms with E-state index in [0.717, 1.165) is 12.0 Å². The van der Waals surface area contributed by atoms with Gasteiger partial charge in [-0.15, -0.1) is 0 Å². The molecule has 1 aliphatic carbocycles. The van der Waals surface area contributed by atoms with Gasteiger partial charge in [0.1, 0.15) is 5.82 Å². The number of hydrogen-bond donors (Lipinski definition) is 1. The van der Waals surface area contributed by atoms with E-state index in [2.05, 4.69) is 11.9 Å². The Morgan fingerprint density at radius 1 is 1.62 bits per heavy atom. The van der Waals surface area contributed by atoms with E-state index >= 15 is 0 Å². The van der Waals surface area contributed by atoms with Crippen LogP contribution in [0.15, 0.2) is 18.5 Å². The van der Waals surface area contributed by atoms with E-state index < -0.39 is 0 Å². The van der Waals surface area contributed by atoms with Crippen molar-refractivity contribution in [1.29, 1.82) is 0 Å². The minimum Gasteiger partial charge on any atom is -0.324 e. The van der Waals surface area contributed by atoms with Crippen molar-refractivity contribution in [2.24, 2.45) is 17.6 Å². The highest BCUT2D eigenvalue weighted by Crippen LogP contribution is 2.45. The molecular formula is C10H13FN2. The summed E-state index contributed by atoms with van der Waals surface area (Å²) >= 11 is 0. The lowest BCUT2D eigenvalue weighted by Crippen LogP contribution is -2.13. The van der Waals surface area contributed by atoms with Gasteiger partial charge in [0.2, 0.25) is 0 Å². The van der Waals surface area contributed by atoms with Gasteiger partial charge in [-0.3, -0.25) is 4.98 Å². The molecule has 1 heterocycles. The van der Waals surface area contributed by atoms with Crippen molar-refractivity contribution in [2.75, 3.05) is 0 Å². The topological polar surface area (TPSA) is 38.9 Å². The van der Waals surface area contributed by atoms with Crippen LogP contribution >= 0.6 is 0 Å². The predicted octanol–water partition coefficient (Wildman–Crippen LogP) is 1.88. The van der Waals surface area contributed by atoms with Crippen molar-refractivity contribution in [1.82, 2.24) is 4.98 Å². The molecule has 13 heavy (non-hydrogen) atoms. The van der Waals surface area contributed by atoms with Crippen molar-refractivity contribution < 1.29 is 4.39 Å². The molecule has 2 nitrogen and oxygen atoms in total. The van der Waals surface area contributed by atoms with Crippen LogP contribution < -0.4 is 5.73 Å². The van der Waals surface area contributed by atoms with Crippen LogP contribution in [0.4, 0.5) is 4.39 Å². The number of nitrogens with zero attached hydrogens (tertiary/aromatic N) is 1. The lowest BCUT2D eigenvalue weighted by Gasteiger charge is -2.10. The van der Waals surface area contributed by atoms with E-state index in [1.807, 2.05) is 0 Å². The van der Waals surface area contributed by atoms with Crippen LogP contribution in [-0.2, 0) is 0 Å². The third-order valence-corrected chi connectivity index (χ3v) is 2.74. The number of rotatable bonds is 2. The highest BCUT2D eigenvalue weighted by Gasteiger charge is 2.38. The van der Waals surface area contributed by atoms with E-state index in [9.17, 15) is 4.39 Å². The van der Waals surface area contributed by atoms with E-state index in [-0.39, 0.29) is 11.9 Å². The fourth-order valence-corrected chi connectivity index (χ4v) is 1.71. The molecule has 0 bridgehead atoms. The van der Waals surface area contributed by atoms with Crippen LogP contribution in [0.2, 0.25) is 0 Å². The molecule has 1 aliphatic rings. The van der Waals surface area contributed by atoms with Crippen LogP contribution in [0.1, 0.15) is 24.9 Å². The highest BCUT2D eigenvalue weighted by molar-refractivity contribution is 5.17. The standard InChI is InChI=1S/C10H13FN2/c1-6-2-9(6)10(12)7-3-8(11)5-13-4-7/h3-6,9-10H,2,12H2,1H3. The SMILES string of the molecule is CC1CC1C(N)c1cncc(F)c1. The van der Waals surface area contributed by atoms with Crippen molar-refractivity contribution in [3.8, 4) is 0 Å². The molecule has 70 valence electrons. The highest BCUT2D eigenvalue weighted by atomic mass is 19.1. The fourth-order valence-electron chi connectivity index (χ4n) is 1.71. The lowest BCUT2D eigenvalue weighted by molar-refractivity contribution is 0.574. The molecule has 1 saturated carbocycles. The Morgan fingerprint density at radius 2 is 2.31 bits per heavy atom. The van der Waals surface area contributed by atoms with Crippen LogP contribution in [0.3, 0.4) is 0 Å². The molecule has 0 aliphatic heterocycles. The van der Waals surface area contributed by atoms with Crippen molar-refractivity contribution in [2.45, 2.75) is 19.4 Å². The van der Waals surface area contributed by atoms with Crippen molar-refractivity contribution in [3.63, 3.8) is 0 Å². The van der Waals surface area contributed by atoms with Gasteiger partial charge in [0, 0.05) is 12.2 Å². The maximum Gasteiger partial charge on any atom is 0.141 e. The summed E-state index contributed by atoms with van der Waals surface area (Å²) in [6.07, 6.45) is 4.00. The zero-order valence-corrected chi connectivity index (χ0v) is 7.57. The van der Waals surface area contributed by atoms with E-state index in [0.29, 0.717) is 11.8 Å². The van der Waals surface area contributed by atoms with Crippen LogP contribution in [0.5, 0.6) is 0 Å². The maximum atomic E-state index is 12.8. The summed E-state index contributed by atoms with van der Waals surface area (Å²) in [6.45, 7) is 2.16. The summed E-state index contributed by atoms with van der Waals surface area (Å²) in [7, 11) is 0. The summed E-state index contributed by atoms with van der Waals surface area (Å²) in [4.78, 5) is 3.79. The second-order valence-electron chi connectivity index (χ2n) is 3.84. The number of aromatic nitrogens is 1.